The highest BCUT2D eigenvalue weighted by Gasteiger charge is 2.50. The van der Waals surface area contributed by atoms with E-state index < -0.39 is 0 Å². The number of aliphatic hydroxyl groups excluding tert-OH is 1. The Morgan fingerprint density at radius 2 is 1.85 bits per heavy atom. The Morgan fingerprint density at radius 1 is 1.08 bits per heavy atom. The van der Waals surface area contributed by atoms with Crippen LogP contribution >= 0.6 is 23.2 Å². The molecule has 4 rings (SSSR count). The molecule has 3 fully saturated rings. The molecule has 4 nitrogen and oxygen atoms in total. The van der Waals surface area contributed by atoms with Gasteiger partial charge in [-0.15, -0.1) is 0 Å². The van der Waals surface area contributed by atoms with Gasteiger partial charge >= 0.3 is 0 Å². The lowest BCUT2D eigenvalue weighted by Crippen LogP contribution is -2.50. The lowest BCUT2D eigenvalue weighted by molar-refractivity contribution is -0.139. The normalized spacial score (nSPS) is 32.5. The van der Waals surface area contributed by atoms with Crippen LogP contribution in [-0.4, -0.2) is 47.7 Å². The molecule has 1 atom stereocenters. The fourth-order valence-corrected chi connectivity index (χ4v) is 5.41. The van der Waals surface area contributed by atoms with Gasteiger partial charge in [-0.2, -0.15) is 0 Å². The summed E-state index contributed by atoms with van der Waals surface area (Å²) in [5.41, 5.74) is 0.644. The van der Waals surface area contributed by atoms with E-state index in [1.807, 2.05) is 12.1 Å². The number of anilines is 1. The Hall–Kier alpha value is -0.970. The quantitative estimate of drug-likeness (QED) is 0.817. The maximum Gasteiger partial charge on any atom is 0.230 e. The lowest BCUT2D eigenvalue weighted by atomic mass is 9.78. The first-order valence-corrected chi connectivity index (χ1v) is 10.4. The van der Waals surface area contributed by atoms with Crippen molar-refractivity contribution in [2.24, 2.45) is 5.41 Å². The van der Waals surface area contributed by atoms with Gasteiger partial charge in [0, 0.05) is 30.7 Å². The van der Waals surface area contributed by atoms with Crippen molar-refractivity contribution in [3.05, 3.63) is 28.2 Å². The molecule has 1 aromatic rings. The molecule has 1 amide bonds. The van der Waals surface area contributed by atoms with E-state index in [4.69, 9.17) is 23.2 Å². The molecule has 0 radical (unpaired) electrons. The summed E-state index contributed by atoms with van der Waals surface area (Å²) in [7, 11) is 0. The molecule has 0 bridgehead atoms. The Morgan fingerprint density at radius 3 is 2.62 bits per heavy atom. The van der Waals surface area contributed by atoms with E-state index in [1.54, 1.807) is 6.07 Å². The number of hydrogen-bond donors (Lipinski definition) is 1. The molecule has 1 spiro atoms. The van der Waals surface area contributed by atoms with Crippen molar-refractivity contribution < 1.29 is 9.90 Å². The smallest absolute Gasteiger partial charge is 0.230 e. The van der Waals surface area contributed by atoms with Crippen molar-refractivity contribution >= 4 is 34.8 Å². The number of amides is 1. The summed E-state index contributed by atoms with van der Waals surface area (Å²) in [5, 5.41) is 11.1. The number of nitrogens with zero attached hydrogens (tertiary/aromatic N) is 2. The van der Waals surface area contributed by atoms with Crippen molar-refractivity contribution in [3.8, 4) is 0 Å². The fraction of sp³-hybridized carbons (Fsp3) is 0.650. The van der Waals surface area contributed by atoms with Gasteiger partial charge in [-0.3, -0.25) is 4.79 Å². The predicted octanol–water partition coefficient (Wildman–Crippen LogP) is 4.12. The number of rotatable bonds is 2. The molecule has 1 aromatic carbocycles. The molecule has 0 unspecified atom stereocenters. The van der Waals surface area contributed by atoms with Gasteiger partial charge in [-0.25, -0.2) is 0 Å². The number of carbonyl (C=O) groups is 1. The van der Waals surface area contributed by atoms with Crippen LogP contribution in [0.3, 0.4) is 0 Å². The average Bonchev–Trinajstić information content (AvgIpc) is 2.94. The molecule has 2 heterocycles. The molecule has 0 aromatic heterocycles. The zero-order valence-corrected chi connectivity index (χ0v) is 16.5. The van der Waals surface area contributed by atoms with Crippen molar-refractivity contribution in [2.45, 2.75) is 57.1 Å². The zero-order valence-electron chi connectivity index (χ0n) is 15.0. The van der Waals surface area contributed by atoms with E-state index >= 15 is 0 Å². The van der Waals surface area contributed by atoms with Crippen molar-refractivity contribution in [3.63, 3.8) is 0 Å². The SMILES string of the molecule is O=C1N(C2CCC(O)CC2)CC[C@]12CCCN(c1cc(Cl)ccc1Cl)C2. The minimum atomic E-state index is -0.292. The first-order valence-electron chi connectivity index (χ1n) is 9.68. The summed E-state index contributed by atoms with van der Waals surface area (Å²) in [4.78, 5) is 17.7. The van der Waals surface area contributed by atoms with Crippen molar-refractivity contribution in [2.75, 3.05) is 24.5 Å². The molecule has 1 N–H and O–H groups in total. The fourth-order valence-electron chi connectivity index (χ4n) is 5.01. The summed E-state index contributed by atoms with van der Waals surface area (Å²) in [5.74, 6) is 0.307. The number of halogens is 2. The lowest BCUT2D eigenvalue weighted by Gasteiger charge is -2.41. The van der Waals surface area contributed by atoms with E-state index in [0.717, 1.165) is 70.3 Å². The topological polar surface area (TPSA) is 43.8 Å². The summed E-state index contributed by atoms with van der Waals surface area (Å²) in [6, 6.07) is 5.84. The largest absolute Gasteiger partial charge is 0.393 e. The van der Waals surface area contributed by atoms with Gasteiger partial charge in [0.05, 0.1) is 22.2 Å². The Balaban J connectivity index is 1.51. The number of carbonyl (C=O) groups excluding carboxylic acids is 1. The molecular formula is C20H26Cl2N2O2. The highest BCUT2D eigenvalue weighted by molar-refractivity contribution is 6.35. The van der Waals surface area contributed by atoms with Crippen LogP contribution in [0.5, 0.6) is 0 Å². The van der Waals surface area contributed by atoms with Crippen LogP contribution in [0.4, 0.5) is 5.69 Å². The highest BCUT2D eigenvalue weighted by Crippen LogP contribution is 2.44. The Bertz CT molecular complexity index is 690. The number of hydrogen-bond acceptors (Lipinski definition) is 3. The standard InChI is InChI=1S/C20H26Cl2N2O2/c21-14-2-7-17(22)18(12-14)23-10-1-8-20(13-23)9-11-24(19(20)26)15-3-5-16(25)6-4-15/h2,7,12,15-16,25H,1,3-6,8-11,13H2/t15?,16?,20-/m0/s1. The molecule has 26 heavy (non-hydrogen) atoms. The Kier molecular flexibility index (Phi) is 5.10. The van der Waals surface area contributed by atoms with E-state index in [0.29, 0.717) is 22.0 Å². The average molecular weight is 397 g/mol. The third-order valence-electron chi connectivity index (χ3n) is 6.48. The first-order chi connectivity index (χ1) is 12.5. The second-order valence-electron chi connectivity index (χ2n) is 8.11. The second kappa shape index (κ2) is 7.21. The van der Waals surface area contributed by atoms with E-state index in [-0.39, 0.29) is 11.5 Å². The summed E-state index contributed by atoms with van der Waals surface area (Å²) in [6.45, 7) is 2.47. The molecule has 1 aliphatic carbocycles. The third kappa shape index (κ3) is 3.32. The molecule has 2 aliphatic heterocycles. The minimum absolute atomic E-state index is 0.187. The van der Waals surface area contributed by atoms with Crippen LogP contribution in [0.25, 0.3) is 0 Å². The summed E-state index contributed by atoms with van der Waals surface area (Å²) < 4.78 is 0. The third-order valence-corrected chi connectivity index (χ3v) is 7.03. The summed E-state index contributed by atoms with van der Waals surface area (Å²) >= 11 is 12.6. The van der Waals surface area contributed by atoms with Gasteiger partial charge in [-0.1, -0.05) is 23.2 Å². The highest BCUT2D eigenvalue weighted by atomic mass is 35.5. The molecule has 3 aliphatic rings. The number of benzene rings is 1. The minimum Gasteiger partial charge on any atom is -0.393 e. The second-order valence-corrected chi connectivity index (χ2v) is 8.96. The van der Waals surface area contributed by atoms with Crippen LogP contribution in [0, 0.1) is 5.41 Å². The van der Waals surface area contributed by atoms with Crippen LogP contribution < -0.4 is 4.90 Å². The monoisotopic (exact) mass is 396 g/mol. The van der Waals surface area contributed by atoms with Gasteiger partial charge in [0.1, 0.15) is 0 Å². The van der Waals surface area contributed by atoms with Crippen molar-refractivity contribution in [1.82, 2.24) is 4.90 Å². The maximum absolute atomic E-state index is 13.4. The first kappa shape index (κ1) is 18.4. The van der Waals surface area contributed by atoms with Crippen LogP contribution in [0.2, 0.25) is 10.0 Å². The predicted molar refractivity (Wildman–Crippen MR) is 105 cm³/mol. The molecule has 142 valence electrons. The van der Waals surface area contributed by atoms with E-state index in [1.165, 1.54) is 0 Å². The van der Waals surface area contributed by atoms with E-state index in [2.05, 4.69) is 9.80 Å². The molecule has 1 saturated carbocycles. The maximum atomic E-state index is 13.4. The van der Waals surface area contributed by atoms with Crippen molar-refractivity contribution in [1.29, 1.82) is 0 Å². The number of likely N-dealkylation sites (tertiary alicyclic amines) is 1. The van der Waals surface area contributed by atoms with Crippen LogP contribution in [-0.2, 0) is 4.79 Å². The summed E-state index contributed by atoms with van der Waals surface area (Å²) in [6.07, 6.45) is 6.14. The van der Waals surface area contributed by atoms with Gasteiger partial charge in [0.15, 0.2) is 0 Å². The molecule has 6 heteroatoms. The Labute approximate surface area is 165 Å². The van der Waals surface area contributed by atoms with Crippen LogP contribution in [0.1, 0.15) is 44.9 Å². The molecular weight excluding hydrogens is 371 g/mol. The van der Waals surface area contributed by atoms with Gasteiger partial charge in [-0.05, 0) is 63.1 Å². The van der Waals surface area contributed by atoms with Gasteiger partial charge in [0.2, 0.25) is 5.91 Å². The van der Waals surface area contributed by atoms with E-state index in [9.17, 15) is 9.90 Å². The van der Waals surface area contributed by atoms with Gasteiger partial charge < -0.3 is 14.9 Å². The number of piperidine rings is 1. The van der Waals surface area contributed by atoms with Crippen LogP contribution in [0.15, 0.2) is 18.2 Å². The molecule has 2 saturated heterocycles. The van der Waals surface area contributed by atoms with Gasteiger partial charge in [0.25, 0.3) is 0 Å². The zero-order chi connectivity index (χ0) is 18.3. The number of aliphatic hydroxyl groups is 1.